The molecule has 0 bridgehead atoms. The third-order valence-corrected chi connectivity index (χ3v) is 5.84. The predicted octanol–water partition coefficient (Wildman–Crippen LogP) is 5.65. The first-order valence-corrected chi connectivity index (χ1v) is 10.6. The van der Waals surface area contributed by atoms with Crippen LogP contribution in [-0.2, 0) is 11.4 Å². The van der Waals surface area contributed by atoms with Crippen molar-refractivity contribution in [1.82, 2.24) is 4.90 Å². The number of fused-ring (bicyclic) bond motifs is 1. The molecular weight excluding hydrogens is 410 g/mol. The molecule has 1 aliphatic heterocycles. The molecule has 31 heavy (non-hydrogen) atoms. The predicted molar refractivity (Wildman–Crippen MR) is 124 cm³/mol. The van der Waals surface area contributed by atoms with Crippen LogP contribution in [0, 0.1) is 0 Å². The van der Waals surface area contributed by atoms with Gasteiger partial charge < -0.3 is 9.47 Å². The van der Waals surface area contributed by atoms with E-state index in [-0.39, 0.29) is 17.7 Å². The standard InChI is InChI=1S/C25H21NO4S/c1-3-13-26-24(27)23(31-25(26)28)15-17-11-12-21(22(14-17)29-2)30-16-19-9-6-8-18-7-4-5-10-20(18)19/h3-12,14-15H,1,13,16H2,2H3/b23-15+. The molecule has 1 heterocycles. The van der Waals surface area contributed by atoms with Crippen LogP contribution in [0.25, 0.3) is 16.8 Å². The molecule has 0 aliphatic carbocycles. The van der Waals surface area contributed by atoms with Gasteiger partial charge in [0.1, 0.15) is 6.61 Å². The Balaban J connectivity index is 1.54. The molecule has 0 aromatic heterocycles. The number of carbonyl (C=O) groups is 2. The normalized spacial score (nSPS) is 15.0. The Kier molecular flexibility index (Phi) is 6.09. The van der Waals surface area contributed by atoms with Gasteiger partial charge in [-0.3, -0.25) is 14.5 Å². The van der Waals surface area contributed by atoms with Crippen LogP contribution in [0.4, 0.5) is 4.79 Å². The Labute approximate surface area is 185 Å². The molecule has 156 valence electrons. The highest BCUT2D eigenvalue weighted by Crippen LogP contribution is 2.35. The molecular formula is C25H21NO4S. The molecule has 0 spiro atoms. The summed E-state index contributed by atoms with van der Waals surface area (Å²) in [5.41, 5.74) is 1.83. The van der Waals surface area contributed by atoms with E-state index in [9.17, 15) is 9.59 Å². The fraction of sp³-hybridized carbons (Fsp3) is 0.120. The quantitative estimate of drug-likeness (QED) is 0.357. The lowest BCUT2D eigenvalue weighted by Crippen LogP contribution is -2.27. The zero-order valence-corrected chi connectivity index (χ0v) is 17.9. The first-order valence-electron chi connectivity index (χ1n) is 9.74. The smallest absolute Gasteiger partial charge is 0.293 e. The Morgan fingerprint density at radius 3 is 2.65 bits per heavy atom. The van der Waals surface area contributed by atoms with Gasteiger partial charge in [0, 0.05) is 6.54 Å². The van der Waals surface area contributed by atoms with E-state index >= 15 is 0 Å². The van der Waals surface area contributed by atoms with E-state index in [0.717, 1.165) is 33.7 Å². The van der Waals surface area contributed by atoms with E-state index in [1.807, 2.05) is 36.4 Å². The molecule has 0 saturated carbocycles. The molecule has 4 rings (SSSR count). The van der Waals surface area contributed by atoms with Crippen LogP contribution in [0.2, 0.25) is 0 Å². The van der Waals surface area contributed by atoms with Crippen molar-refractivity contribution < 1.29 is 19.1 Å². The molecule has 2 amide bonds. The number of hydrogen-bond acceptors (Lipinski definition) is 5. The highest BCUT2D eigenvalue weighted by Gasteiger charge is 2.34. The second-order valence-corrected chi connectivity index (χ2v) is 7.91. The first-order chi connectivity index (χ1) is 15.1. The lowest BCUT2D eigenvalue weighted by atomic mass is 10.1. The largest absolute Gasteiger partial charge is 0.493 e. The molecule has 0 unspecified atom stereocenters. The fourth-order valence-electron chi connectivity index (χ4n) is 3.40. The number of nitrogens with zero attached hydrogens (tertiary/aromatic N) is 1. The Bertz CT molecular complexity index is 1200. The molecule has 1 fully saturated rings. The molecule has 3 aromatic rings. The number of carbonyl (C=O) groups excluding carboxylic acids is 2. The number of benzene rings is 3. The summed E-state index contributed by atoms with van der Waals surface area (Å²) in [4.78, 5) is 26.0. The fourth-order valence-corrected chi connectivity index (χ4v) is 4.25. The summed E-state index contributed by atoms with van der Waals surface area (Å²) in [6.45, 7) is 4.19. The summed E-state index contributed by atoms with van der Waals surface area (Å²) < 4.78 is 11.5. The number of ether oxygens (including phenoxy) is 2. The zero-order chi connectivity index (χ0) is 21.8. The van der Waals surface area contributed by atoms with E-state index in [1.165, 1.54) is 11.0 Å². The summed E-state index contributed by atoms with van der Waals surface area (Å²) in [5.74, 6) is 0.844. The summed E-state index contributed by atoms with van der Waals surface area (Å²) >= 11 is 0.922. The summed E-state index contributed by atoms with van der Waals surface area (Å²) in [6, 6.07) is 19.7. The second-order valence-electron chi connectivity index (χ2n) is 6.92. The Morgan fingerprint density at radius 2 is 1.84 bits per heavy atom. The molecule has 0 N–H and O–H groups in total. The van der Waals surface area contributed by atoms with Gasteiger partial charge in [-0.15, -0.1) is 6.58 Å². The van der Waals surface area contributed by atoms with Crippen molar-refractivity contribution in [3.05, 3.63) is 89.4 Å². The van der Waals surface area contributed by atoms with Gasteiger partial charge in [0.05, 0.1) is 12.0 Å². The van der Waals surface area contributed by atoms with Gasteiger partial charge in [-0.2, -0.15) is 0 Å². The van der Waals surface area contributed by atoms with Crippen molar-refractivity contribution in [3.8, 4) is 11.5 Å². The Hall–Kier alpha value is -3.51. The molecule has 0 radical (unpaired) electrons. The molecule has 1 aliphatic rings. The van der Waals surface area contributed by atoms with Crippen molar-refractivity contribution in [2.24, 2.45) is 0 Å². The van der Waals surface area contributed by atoms with Crippen molar-refractivity contribution in [2.75, 3.05) is 13.7 Å². The van der Waals surface area contributed by atoms with Gasteiger partial charge in [-0.05, 0) is 51.9 Å². The Morgan fingerprint density at radius 1 is 1.03 bits per heavy atom. The van der Waals surface area contributed by atoms with Crippen LogP contribution in [0.3, 0.4) is 0 Å². The summed E-state index contributed by atoms with van der Waals surface area (Å²) in [7, 11) is 1.57. The van der Waals surface area contributed by atoms with Gasteiger partial charge in [0.15, 0.2) is 11.5 Å². The van der Waals surface area contributed by atoms with Crippen molar-refractivity contribution >= 4 is 39.8 Å². The average molecular weight is 432 g/mol. The van der Waals surface area contributed by atoms with Crippen molar-refractivity contribution in [1.29, 1.82) is 0 Å². The molecule has 0 atom stereocenters. The van der Waals surface area contributed by atoms with Crippen LogP contribution in [0.5, 0.6) is 11.5 Å². The maximum Gasteiger partial charge on any atom is 0.293 e. The van der Waals surface area contributed by atoms with Gasteiger partial charge in [0.25, 0.3) is 11.1 Å². The van der Waals surface area contributed by atoms with E-state index in [0.29, 0.717) is 23.0 Å². The number of amides is 2. The number of imide groups is 1. The maximum atomic E-state index is 12.4. The minimum atomic E-state index is -0.315. The van der Waals surface area contributed by atoms with E-state index < -0.39 is 0 Å². The zero-order valence-electron chi connectivity index (χ0n) is 17.0. The first kappa shape index (κ1) is 20.8. The van der Waals surface area contributed by atoms with E-state index in [1.54, 1.807) is 19.3 Å². The highest BCUT2D eigenvalue weighted by molar-refractivity contribution is 8.18. The number of hydrogen-bond donors (Lipinski definition) is 0. The van der Waals surface area contributed by atoms with Crippen molar-refractivity contribution in [3.63, 3.8) is 0 Å². The third kappa shape index (κ3) is 4.34. The maximum absolute atomic E-state index is 12.4. The molecule has 3 aromatic carbocycles. The lowest BCUT2D eigenvalue weighted by molar-refractivity contribution is -0.122. The van der Waals surface area contributed by atoms with Crippen molar-refractivity contribution in [2.45, 2.75) is 6.61 Å². The van der Waals surface area contributed by atoms with Gasteiger partial charge in [0.2, 0.25) is 0 Å². The van der Waals surface area contributed by atoms with Gasteiger partial charge in [-0.25, -0.2) is 0 Å². The van der Waals surface area contributed by atoms with E-state index in [4.69, 9.17) is 9.47 Å². The minimum Gasteiger partial charge on any atom is -0.493 e. The third-order valence-electron chi connectivity index (χ3n) is 4.93. The average Bonchev–Trinajstić information content (AvgIpc) is 3.05. The number of methoxy groups -OCH3 is 1. The highest BCUT2D eigenvalue weighted by atomic mass is 32.2. The van der Waals surface area contributed by atoms with Crippen LogP contribution >= 0.6 is 11.8 Å². The van der Waals surface area contributed by atoms with Crippen LogP contribution in [-0.4, -0.2) is 29.7 Å². The number of rotatable bonds is 7. The van der Waals surface area contributed by atoms with Crippen LogP contribution < -0.4 is 9.47 Å². The molecule has 6 heteroatoms. The van der Waals surface area contributed by atoms with Crippen LogP contribution in [0.1, 0.15) is 11.1 Å². The topological polar surface area (TPSA) is 55.8 Å². The van der Waals surface area contributed by atoms with E-state index in [2.05, 4.69) is 24.8 Å². The summed E-state index contributed by atoms with van der Waals surface area (Å²) in [5, 5.41) is 2.02. The second kappa shape index (κ2) is 9.10. The molecule has 1 saturated heterocycles. The number of thioether (sulfide) groups is 1. The van der Waals surface area contributed by atoms with Gasteiger partial charge >= 0.3 is 0 Å². The van der Waals surface area contributed by atoms with Crippen LogP contribution in [0.15, 0.2) is 78.2 Å². The lowest BCUT2D eigenvalue weighted by Gasteiger charge is -2.13. The summed E-state index contributed by atoms with van der Waals surface area (Å²) in [6.07, 6.45) is 3.22. The minimum absolute atomic E-state index is 0.201. The SMILES string of the molecule is C=CCN1C(=O)S/C(=C/c2ccc(OCc3cccc4ccccc34)c(OC)c2)C1=O. The monoisotopic (exact) mass is 431 g/mol. The van der Waals surface area contributed by atoms with Gasteiger partial charge in [-0.1, -0.05) is 54.6 Å². The molecule has 5 nitrogen and oxygen atoms in total.